The quantitative estimate of drug-likeness (QED) is 0.233. The molecule has 7 rings (SSSR count). The Morgan fingerprint density at radius 3 is 2.10 bits per heavy atom. The van der Waals surface area contributed by atoms with Gasteiger partial charge >= 0.3 is 0 Å². The molecule has 4 aromatic rings. The Bertz CT molecular complexity index is 1690. The third kappa shape index (κ3) is 3.07. The van der Waals surface area contributed by atoms with Crippen molar-refractivity contribution >= 4 is 29.1 Å². The molecular formula is C34H24FNO3. The van der Waals surface area contributed by atoms with Gasteiger partial charge in [-0.05, 0) is 30.2 Å². The van der Waals surface area contributed by atoms with Crippen LogP contribution in [0.2, 0.25) is 0 Å². The predicted molar refractivity (Wildman–Crippen MR) is 148 cm³/mol. The first-order valence-electron chi connectivity index (χ1n) is 13.0. The fourth-order valence-corrected chi connectivity index (χ4v) is 6.88. The fourth-order valence-electron chi connectivity index (χ4n) is 6.88. The van der Waals surface area contributed by atoms with Crippen molar-refractivity contribution in [1.29, 1.82) is 0 Å². The number of rotatable bonds is 3. The van der Waals surface area contributed by atoms with Crippen LogP contribution < -0.4 is 4.90 Å². The van der Waals surface area contributed by atoms with Crippen molar-refractivity contribution in [2.75, 3.05) is 4.90 Å². The lowest BCUT2D eigenvalue weighted by Gasteiger charge is -2.37. The number of halogens is 1. The average Bonchev–Trinajstić information content (AvgIpc) is 3.39. The summed E-state index contributed by atoms with van der Waals surface area (Å²) in [7, 11) is 0. The van der Waals surface area contributed by atoms with Gasteiger partial charge in [0.1, 0.15) is 17.3 Å². The molecule has 1 fully saturated rings. The number of nitrogens with zero attached hydrogens (tertiary/aromatic N) is 1. The summed E-state index contributed by atoms with van der Waals surface area (Å²) in [6.07, 6.45) is 3.75. The fraction of sp³-hybridized carbons (Fsp3) is 0.147. The van der Waals surface area contributed by atoms with Crippen LogP contribution in [-0.2, 0) is 0 Å². The number of fused-ring (bicyclic) bond motifs is 5. The maximum Gasteiger partial charge on any atom is 0.185 e. The van der Waals surface area contributed by atoms with Gasteiger partial charge in [0.15, 0.2) is 17.3 Å². The zero-order chi connectivity index (χ0) is 26.9. The van der Waals surface area contributed by atoms with Gasteiger partial charge in [0.25, 0.3) is 0 Å². The number of ketones is 3. The van der Waals surface area contributed by atoms with Gasteiger partial charge in [0.2, 0.25) is 0 Å². The molecule has 39 heavy (non-hydrogen) atoms. The molecule has 0 amide bonds. The number of benzene rings is 4. The van der Waals surface area contributed by atoms with E-state index < -0.39 is 29.2 Å². The van der Waals surface area contributed by atoms with Crippen molar-refractivity contribution in [3.63, 3.8) is 0 Å². The minimum absolute atomic E-state index is 0.192. The predicted octanol–water partition coefficient (Wildman–Crippen LogP) is 6.45. The van der Waals surface area contributed by atoms with Crippen molar-refractivity contribution in [1.82, 2.24) is 0 Å². The van der Waals surface area contributed by atoms with Crippen LogP contribution in [0.5, 0.6) is 0 Å². The van der Waals surface area contributed by atoms with Gasteiger partial charge in [-0.3, -0.25) is 14.4 Å². The highest BCUT2D eigenvalue weighted by Gasteiger charge is 2.71. The molecule has 1 saturated heterocycles. The monoisotopic (exact) mass is 513 g/mol. The zero-order valence-corrected chi connectivity index (χ0v) is 21.2. The lowest BCUT2D eigenvalue weighted by molar-refractivity contribution is 0.0664. The summed E-state index contributed by atoms with van der Waals surface area (Å²) in [5.74, 6) is -2.59. The molecule has 1 aliphatic carbocycles. The van der Waals surface area contributed by atoms with E-state index in [4.69, 9.17) is 0 Å². The smallest absolute Gasteiger partial charge is 0.185 e. The summed E-state index contributed by atoms with van der Waals surface area (Å²) >= 11 is 0. The normalized spacial score (nSPS) is 22.1. The number of aryl methyl sites for hydroxylation is 1. The number of carbonyl (C=O) groups is 3. The van der Waals surface area contributed by atoms with E-state index in [9.17, 15) is 14.4 Å². The van der Waals surface area contributed by atoms with E-state index in [0.29, 0.717) is 16.7 Å². The summed E-state index contributed by atoms with van der Waals surface area (Å²) < 4.78 is 15.8. The molecule has 0 radical (unpaired) electrons. The number of Topliss-reactive ketones (excluding diaryl/α,β-unsaturated/α-hetero) is 3. The molecule has 3 atom stereocenters. The van der Waals surface area contributed by atoms with Crippen LogP contribution in [0.4, 0.5) is 10.1 Å². The largest absolute Gasteiger partial charge is 0.352 e. The van der Waals surface area contributed by atoms with Gasteiger partial charge in [-0.2, -0.15) is 0 Å². The van der Waals surface area contributed by atoms with E-state index in [2.05, 4.69) is 0 Å². The van der Waals surface area contributed by atoms with Crippen LogP contribution in [0, 0.1) is 18.2 Å². The Hall–Kier alpha value is -4.64. The van der Waals surface area contributed by atoms with Gasteiger partial charge in [0.05, 0.1) is 6.04 Å². The van der Waals surface area contributed by atoms with E-state index in [1.54, 1.807) is 54.6 Å². The van der Waals surface area contributed by atoms with Crippen LogP contribution in [-0.4, -0.2) is 29.4 Å². The van der Waals surface area contributed by atoms with E-state index in [-0.39, 0.29) is 22.9 Å². The third-order valence-corrected chi connectivity index (χ3v) is 8.56. The minimum atomic E-state index is -1.71. The number of para-hydroxylation sites is 1. The van der Waals surface area contributed by atoms with Crippen molar-refractivity contribution in [2.45, 2.75) is 24.9 Å². The zero-order valence-electron chi connectivity index (χ0n) is 21.2. The standard InChI is InChI=1S/C34H24FNO3/c1-20-14-16-22(17-15-20)31(37)30-29(25-11-5-6-12-26(25)35)34(32(38)23-9-3-4-10-24(23)33(34)39)28-19-18-21-8-2-7-13-27(21)36(28)30/h2-19,28-30H,1H3/t28-,29+,30-/m0/s1. The number of hydrogen-bond donors (Lipinski definition) is 0. The van der Waals surface area contributed by atoms with Crippen LogP contribution in [0.1, 0.15) is 53.7 Å². The van der Waals surface area contributed by atoms with Crippen molar-refractivity contribution < 1.29 is 18.8 Å². The molecule has 2 aliphatic heterocycles. The minimum Gasteiger partial charge on any atom is -0.352 e. The molecule has 0 saturated carbocycles. The molecule has 4 nitrogen and oxygen atoms in total. The molecule has 0 unspecified atom stereocenters. The molecular weight excluding hydrogens is 489 g/mol. The third-order valence-electron chi connectivity index (χ3n) is 8.56. The molecule has 1 spiro atoms. The molecule has 3 aliphatic rings. The second-order valence-corrected chi connectivity index (χ2v) is 10.5. The van der Waals surface area contributed by atoms with Crippen molar-refractivity contribution in [3.05, 3.63) is 142 Å². The van der Waals surface area contributed by atoms with Gasteiger partial charge in [0, 0.05) is 28.3 Å². The number of hydrogen-bond acceptors (Lipinski definition) is 4. The second kappa shape index (κ2) is 8.43. The van der Waals surface area contributed by atoms with E-state index >= 15 is 4.39 Å². The highest BCUT2D eigenvalue weighted by atomic mass is 19.1. The average molecular weight is 514 g/mol. The van der Waals surface area contributed by atoms with Crippen LogP contribution >= 0.6 is 0 Å². The first-order chi connectivity index (χ1) is 18.9. The van der Waals surface area contributed by atoms with Gasteiger partial charge < -0.3 is 4.90 Å². The van der Waals surface area contributed by atoms with Crippen LogP contribution in [0.25, 0.3) is 6.08 Å². The highest BCUT2D eigenvalue weighted by molar-refractivity contribution is 6.32. The summed E-state index contributed by atoms with van der Waals surface area (Å²) in [6, 6.07) is 26.1. The van der Waals surface area contributed by atoms with E-state index in [0.717, 1.165) is 16.8 Å². The van der Waals surface area contributed by atoms with Crippen LogP contribution in [0.3, 0.4) is 0 Å². The number of anilines is 1. The number of carbonyl (C=O) groups excluding carboxylic acids is 3. The van der Waals surface area contributed by atoms with Crippen molar-refractivity contribution in [2.24, 2.45) is 5.41 Å². The van der Waals surface area contributed by atoms with E-state index in [1.165, 1.54) is 6.07 Å². The molecule has 5 heteroatoms. The second-order valence-electron chi connectivity index (χ2n) is 10.5. The summed E-state index contributed by atoms with van der Waals surface area (Å²) in [5, 5.41) is 0. The summed E-state index contributed by atoms with van der Waals surface area (Å²) in [4.78, 5) is 45.5. The molecule has 4 aromatic carbocycles. The van der Waals surface area contributed by atoms with E-state index in [1.807, 2.05) is 60.4 Å². The SMILES string of the molecule is Cc1ccc(C(=O)[C@@H]2[C@@H](c3ccccc3F)C3(C(=O)c4ccccc4C3=O)[C@@H]3C=Cc4ccccc4N23)cc1. The Labute approximate surface area is 225 Å². The lowest BCUT2D eigenvalue weighted by atomic mass is 9.64. The molecule has 0 bridgehead atoms. The maximum absolute atomic E-state index is 15.8. The highest BCUT2D eigenvalue weighted by Crippen LogP contribution is 2.61. The lowest BCUT2D eigenvalue weighted by Crippen LogP contribution is -2.48. The Balaban J connectivity index is 1.56. The van der Waals surface area contributed by atoms with Crippen molar-refractivity contribution in [3.8, 4) is 0 Å². The molecule has 190 valence electrons. The summed E-state index contributed by atoms with van der Waals surface area (Å²) in [5.41, 5.74) is 2.18. The Kier molecular flexibility index (Phi) is 5.08. The van der Waals surface area contributed by atoms with Gasteiger partial charge in [-0.1, -0.05) is 103 Å². The molecule has 0 N–H and O–H groups in total. The first kappa shape index (κ1) is 23.5. The molecule has 0 aromatic heterocycles. The Morgan fingerprint density at radius 2 is 1.41 bits per heavy atom. The summed E-state index contributed by atoms with van der Waals surface area (Å²) in [6.45, 7) is 1.94. The molecule has 2 heterocycles. The first-order valence-corrected chi connectivity index (χ1v) is 13.0. The van der Waals surface area contributed by atoms with Crippen LogP contribution in [0.15, 0.2) is 103 Å². The maximum atomic E-state index is 15.8. The topological polar surface area (TPSA) is 54.5 Å². The van der Waals surface area contributed by atoms with Gasteiger partial charge in [-0.15, -0.1) is 0 Å². The van der Waals surface area contributed by atoms with Gasteiger partial charge in [-0.25, -0.2) is 4.39 Å². The Morgan fingerprint density at radius 1 is 0.795 bits per heavy atom.